The van der Waals surface area contributed by atoms with Crippen LogP contribution in [0.3, 0.4) is 0 Å². The van der Waals surface area contributed by atoms with Crippen LogP contribution in [0.1, 0.15) is 37.0 Å². The topological polar surface area (TPSA) is 66.5 Å². The molecule has 0 aliphatic heterocycles. The van der Waals surface area contributed by atoms with E-state index in [4.69, 9.17) is 0 Å². The van der Waals surface area contributed by atoms with Crippen LogP contribution >= 0.6 is 0 Å². The van der Waals surface area contributed by atoms with Crippen molar-refractivity contribution in [2.45, 2.75) is 37.6 Å². The van der Waals surface area contributed by atoms with E-state index < -0.39 is 10.0 Å². The predicted molar refractivity (Wildman–Crippen MR) is 79.2 cm³/mol. The van der Waals surface area contributed by atoms with Gasteiger partial charge >= 0.3 is 0 Å². The Balaban J connectivity index is 2.97. The molecule has 0 heterocycles. The number of rotatable bonds is 6. The van der Waals surface area contributed by atoms with E-state index in [9.17, 15) is 13.2 Å². The highest BCUT2D eigenvalue weighted by molar-refractivity contribution is 7.89. The SMILES string of the molecule is CCC[C@@H](C)NC(=O)c1cccc(S(=O)(=O)N(C)C)c1. The number of nitrogens with one attached hydrogen (secondary N) is 1. The summed E-state index contributed by atoms with van der Waals surface area (Å²) < 4.78 is 25.2. The highest BCUT2D eigenvalue weighted by Crippen LogP contribution is 2.15. The lowest BCUT2D eigenvalue weighted by Crippen LogP contribution is -2.32. The summed E-state index contributed by atoms with van der Waals surface area (Å²) in [5.74, 6) is -0.248. The van der Waals surface area contributed by atoms with Gasteiger partial charge in [0.25, 0.3) is 5.91 Å². The van der Waals surface area contributed by atoms with Crippen LogP contribution in [0.15, 0.2) is 29.2 Å². The number of sulfonamides is 1. The van der Waals surface area contributed by atoms with Crippen molar-refractivity contribution in [1.82, 2.24) is 9.62 Å². The second-order valence-corrected chi connectivity index (χ2v) is 7.13. The lowest BCUT2D eigenvalue weighted by Gasteiger charge is -2.14. The fourth-order valence-electron chi connectivity index (χ4n) is 1.82. The van der Waals surface area contributed by atoms with Gasteiger partial charge in [-0.1, -0.05) is 19.4 Å². The summed E-state index contributed by atoms with van der Waals surface area (Å²) in [6, 6.07) is 6.16. The molecular weight excluding hydrogens is 276 g/mol. The summed E-state index contributed by atoms with van der Waals surface area (Å²) in [7, 11) is -0.591. The Kier molecular flexibility index (Phi) is 5.71. The lowest BCUT2D eigenvalue weighted by molar-refractivity contribution is 0.0938. The van der Waals surface area contributed by atoms with Crippen LogP contribution in [0.2, 0.25) is 0 Å². The standard InChI is InChI=1S/C14H22N2O3S/c1-5-7-11(2)15-14(17)12-8-6-9-13(10-12)20(18,19)16(3)4/h6,8-11H,5,7H2,1-4H3,(H,15,17)/t11-/m1/s1. The van der Waals surface area contributed by atoms with E-state index in [1.807, 2.05) is 13.8 Å². The maximum absolute atomic E-state index is 12.1. The van der Waals surface area contributed by atoms with Crippen LogP contribution in [0.4, 0.5) is 0 Å². The first-order valence-electron chi connectivity index (χ1n) is 6.62. The summed E-state index contributed by atoms with van der Waals surface area (Å²) in [5.41, 5.74) is 0.357. The zero-order chi connectivity index (χ0) is 15.3. The molecule has 0 fully saturated rings. The molecule has 20 heavy (non-hydrogen) atoms. The first-order valence-corrected chi connectivity index (χ1v) is 8.06. The average Bonchev–Trinajstić information content (AvgIpc) is 2.38. The first kappa shape index (κ1) is 16.7. The minimum absolute atomic E-state index is 0.0709. The van der Waals surface area contributed by atoms with Gasteiger partial charge in [0.1, 0.15) is 0 Å². The molecule has 0 aliphatic carbocycles. The molecule has 0 aromatic heterocycles. The van der Waals surface area contributed by atoms with Crippen molar-refractivity contribution in [3.05, 3.63) is 29.8 Å². The fourth-order valence-corrected chi connectivity index (χ4v) is 2.77. The van der Waals surface area contributed by atoms with Crippen molar-refractivity contribution in [3.63, 3.8) is 0 Å². The largest absolute Gasteiger partial charge is 0.350 e. The third-order valence-electron chi connectivity index (χ3n) is 2.97. The molecule has 0 saturated carbocycles. The van der Waals surface area contributed by atoms with Crippen molar-refractivity contribution < 1.29 is 13.2 Å². The van der Waals surface area contributed by atoms with Crippen molar-refractivity contribution >= 4 is 15.9 Å². The van der Waals surface area contributed by atoms with E-state index in [-0.39, 0.29) is 16.8 Å². The van der Waals surface area contributed by atoms with Crippen LogP contribution in [-0.4, -0.2) is 38.8 Å². The Bertz CT molecular complexity index is 568. The molecule has 1 amide bonds. The summed E-state index contributed by atoms with van der Waals surface area (Å²) >= 11 is 0. The third kappa shape index (κ3) is 4.05. The zero-order valence-corrected chi connectivity index (χ0v) is 13.2. The highest BCUT2D eigenvalue weighted by Gasteiger charge is 2.19. The summed E-state index contributed by atoms with van der Waals surface area (Å²) in [6.45, 7) is 3.98. The molecule has 0 bridgehead atoms. The molecule has 6 heteroatoms. The first-order chi connectivity index (χ1) is 9.28. The summed E-state index contributed by atoms with van der Waals surface area (Å²) in [5, 5.41) is 2.86. The Morgan fingerprint density at radius 3 is 2.55 bits per heavy atom. The molecule has 1 rings (SSSR count). The van der Waals surface area contributed by atoms with Crippen LogP contribution in [0.25, 0.3) is 0 Å². The molecule has 0 radical (unpaired) electrons. The van der Waals surface area contributed by atoms with Gasteiger partial charge in [-0.15, -0.1) is 0 Å². The molecule has 1 N–H and O–H groups in total. The van der Waals surface area contributed by atoms with Gasteiger partial charge in [0.2, 0.25) is 10.0 Å². The smallest absolute Gasteiger partial charge is 0.251 e. The predicted octanol–water partition coefficient (Wildman–Crippen LogP) is 1.86. The van der Waals surface area contributed by atoms with Crippen molar-refractivity contribution in [3.8, 4) is 0 Å². The minimum Gasteiger partial charge on any atom is -0.350 e. The molecule has 0 saturated heterocycles. The Labute approximate surface area is 121 Å². The van der Waals surface area contributed by atoms with Gasteiger partial charge in [-0.2, -0.15) is 0 Å². The van der Waals surface area contributed by atoms with Gasteiger partial charge in [-0.3, -0.25) is 4.79 Å². The number of carbonyl (C=O) groups excluding carboxylic acids is 1. The van der Waals surface area contributed by atoms with E-state index in [1.165, 1.54) is 26.2 Å². The number of hydrogen-bond donors (Lipinski definition) is 1. The second-order valence-electron chi connectivity index (χ2n) is 4.98. The Morgan fingerprint density at radius 1 is 1.35 bits per heavy atom. The van der Waals surface area contributed by atoms with E-state index in [2.05, 4.69) is 5.32 Å². The van der Waals surface area contributed by atoms with Crippen molar-refractivity contribution in [2.24, 2.45) is 0 Å². The van der Waals surface area contributed by atoms with Gasteiger partial charge < -0.3 is 5.32 Å². The van der Waals surface area contributed by atoms with Crippen molar-refractivity contribution in [2.75, 3.05) is 14.1 Å². The number of amides is 1. The number of hydrogen-bond acceptors (Lipinski definition) is 3. The van der Waals surface area contributed by atoms with E-state index in [1.54, 1.807) is 12.1 Å². The van der Waals surface area contributed by atoms with Crippen LogP contribution in [-0.2, 0) is 10.0 Å². The number of nitrogens with zero attached hydrogens (tertiary/aromatic N) is 1. The third-order valence-corrected chi connectivity index (χ3v) is 4.79. The molecular formula is C14H22N2O3S. The molecule has 5 nitrogen and oxygen atoms in total. The van der Waals surface area contributed by atoms with Crippen LogP contribution in [0.5, 0.6) is 0 Å². The average molecular weight is 298 g/mol. The number of benzene rings is 1. The monoisotopic (exact) mass is 298 g/mol. The zero-order valence-electron chi connectivity index (χ0n) is 12.4. The molecule has 0 spiro atoms. The quantitative estimate of drug-likeness (QED) is 0.871. The normalized spacial score (nSPS) is 13.2. The lowest BCUT2D eigenvalue weighted by atomic mass is 10.1. The van der Waals surface area contributed by atoms with Crippen LogP contribution < -0.4 is 5.32 Å². The van der Waals surface area contributed by atoms with E-state index in [0.29, 0.717) is 5.56 Å². The maximum atomic E-state index is 12.1. The second kappa shape index (κ2) is 6.85. The van der Waals surface area contributed by atoms with E-state index >= 15 is 0 Å². The molecule has 0 unspecified atom stereocenters. The van der Waals surface area contributed by atoms with E-state index in [0.717, 1.165) is 17.1 Å². The Morgan fingerprint density at radius 2 is 2.00 bits per heavy atom. The highest BCUT2D eigenvalue weighted by atomic mass is 32.2. The number of carbonyl (C=O) groups is 1. The molecule has 1 atom stereocenters. The van der Waals surface area contributed by atoms with Gasteiger partial charge in [0, 0.05) is 25.7 Å². The van der Waals surface area contributed by atoms with Crippen molar-refractivity contribution in [1.29, 1.82) is 0 Å². The van der Waals surface area contributed by atoms with Crippen LogP contribution in [0, 0.1) is 0 Å². The molecule has 1 aromatic rings. The maximum Gasteiger partial charge on any atom is 0.251 e. The molecule has 0 aliphatic rings. The summed E-state index contributed by atoms with van der Waals surface area (Å²) in [4.78, 5) is 12.2. The van der Waals surface area contributed by atoms with Gasteiger partial charge in [-0.25, -0.2) is 12.7 Å². The molecule has 1 aromatic carbocycles. The minimum atomic E-state index is -3.52. The molecule has 112 valence electrons. The summed E-state index contributed by atoms with van der Waals surface area (Å²) in [6.07, 6.45) is 1.87. The van der Waals surface area contributed by atoms with Gasteiger partial charge in [-0.05, 0) is 31.5 Å². The van der Waals surface area contributed by atoms with Gasteiger partial charge in [0.15, 0.2) is 0 Å². The fraction of sp³-hybridized carbons (Fsp3) is 0.500. The Hall–Kier alpha value is -1.40. The van der Waals surface area contributed by atoms with Gasteiger partial charge in [0.05, 0.1) is 4.90 Å².